The van der Waals surface area contributed by atoms with Crippen LogP contribution in [0.2, 0.25) is 5.82 Å². The highest BCUT2D eigenvalue weighted by Crippen LogP contribution is 2.36. The monoisotopic (exact) mass is 459 g/mol. The molecular formula is C22H26BNO7S. The molecule has 32 heavy (non-hydrogen) atoms. The van der Waals surface area contributed by atoms with Crippen LogP contribution in [0.15, 0.2) is 29.9 Å². The van der Waals surface area contributed by atoms with E-state index < -0.39 is 37.1 Å². The van der Waals surface area contributed by atoms with E-state index >= 15 is 0 Å². The van der Waals surface area contributed by atoms with Crippen molar-refractivity contribution in [2.24, 2.45) is 5.41 Å². The maximum absolute atomic E-state index is 12.5. The molecule has 0 saturated heterocycles. The van der Waals surface area contributed by atoms with Crippen molar-refractivity contribution >= 4 is 36.2 Å². The molecule has 3 rings (SSSR count). The lowest BCUT2D eigenvalue weighted by atomic mass is 9.64. The number of ketones is 1. The van der Waals surface area contributed by atoms with Gasteiger partial charge in [0.1, 0.15) is 17.1 Å². The number of para-hydroxylation sites is 1. The van der Waals surface area contributed by atoms with E-state index in [4.69, 9.17) is 14.1 Å². The molecule has 0 amide bonds. The van der Waals surface area contributed by atoms with Gasteiger partial charge < -0.3 is 19.2 Å². The predicted molar refractivity (Wildman–Crippen MR) is 118 cm³/mol. The minimum atomic E-state index is -1.22. The topological polar surface area (TPSA) is 112 Å². The maximum Gasteiger partial charge on any atom is 0.526 e. The van der Waals surface area contributed by atoms with Gasteiger partial charge in [-0.3, -0.25) is 14.6 Å². The number of nitrogens with zero attached hydrogens (tertiary/aromatic N) is 1. The third-order valence-electron chi connectivity index (χ3n) is 5.06. The average molecular weight is 459 g/mol. The van der Waals surface area contributed by atoms with Gasteiger partial charge in [-0.1, -0.05) is 12.1 Å². The van der Waals surface area contributed by atoms with Crippen LogP contribution in [0, 0.1) is 5.41 Å². The van der Waals surface area contributed by atoms with Crippen molar-refractivity contribution in [2.75, 3.05) is 6.79 Å². The van der Waals surface area contributed by atoms with Crippen LogP contribution in [0.1, 0.15) is 54.4 Å². The second-order valence-corrected chi connectivity index (χ2v) is 9.68. The van der Waals surface area contributed by atoms with E-state index in [0.717, 1.165) is 4.88 Å². The highest BCUT2D eigenvalue weighted by Gasteiger charge is 2.38. The van der Waals surface area contributed by atoms with Crippen LogP contribution in [0.25, 0.3) is 0 Å². The fourth-order valence-electron chi connectivity index (χ4n) is 3.27. The van der Waals surface area contributed by atoms with Crippen molar-refractivity contribution in [2.45, 2.75) is 52.3 Å². The summed E-state index contributed by atoms with van der Waals surface area (Å²) in [6.07, 6.45) is 3.31. The van der Waals surface area contributed by atoms with Crippen LogP contribution < -0.4 is 4.65 Å². The third-order valence-corrected chi connectivity index (χ3v) is 5.90. The fraction of sp³-hybridized carbons (Fsp3) is 0.455. The predicted octanol–water partition coefficient (Wildman–Crippen LogP) is 3.22. The Hall–Kier alpha value is -2.72. The first-order valence-electron chi connectivity index (χ1n) is 10.3. The maximum atomic E-state index is 12.5. The van der Waals surface area contributed by atoms with Crippen LogP contribution >= 0.6 is 11.3 Å². The summed E-state index contributed by atoms with van der Waals surface area (Å²) in [6, 6.07) is 4.98. The summed E-state index contributed by atoms with van der Waals surface area (Å²) in [7, 11) is -1.22. The Bertz CT molecular complexity index is 971. The van der Waals surface area contributed by atoms with E-state index in [1.165, 1.54) is 17.4 Å². The van der Waals surface area contributed by atoms with E-state index in [-0.39, 0.29) is 23.5 Å². The average Bonchev–Trinajstić information content (AvgIpc) is 3.25. The van der Waals surface area contributed by atoms with Gasteiger partial charge in [-0.15, -0.1) is 11.3 Å². The summed E-state index contributed by atoms with van der Waals surface area (Å²) in [5, 5.41) is 10.5. The molecule has 10 heteroatoms. The number of rotatable bonds is 8. The highest BCUT2D eigenvalue weighted by molar-refractivity contribution is 7.09. The summed E-state index contributed by atoms with van der Waals surface area (Å²) in [4.78, 5) is 41.7. The number of aryl methyl sites for hydroxylation is 1. The number of carbonyl (C=O) groups is 3. The van der Waals surface area contributed by atoms with E-state index in [0.29, 0.717) is 24.8 Å². The minimum Gasteiger partial charge on any atom is -0.535 e. The van der Waals surface area contributed by atoms with Gasteiger partial charge in [0.2, 0.25) is 6.79 Å². The lowest BCUT2D eigenvalue weighted by Crippen LogP contribution is -2.36. The molecule has 2 aromatic rings. The number of Topliss-reactive ketones (excluding diaryl/α,β-unsaturated/α-hetero) is 1. The number of fused-ring (bicyclic) bond motifs is 1. The Labute approximate surface area is 191 Å². The quantitative estimate of drug-likeness (QED) is 0.364. The molecule has 0 fully saturated rings. The van der Waals surface area contributed by atoms with Crippen molar-refractivity contribution in [3.63, 3.8) is 0 Å². The zero-order valence-corrected chi connectivity index (χ0v) is 19.1. The molecule has 0 saturated carbocycles. The van der Waals surface area contributed by atoms with Crippen molar-refractivity contribution in [3.05, 3.63) is 45.9 Å². The van der Waals surface area contributed by atoms with Gasteiger partial charge in [0.05, 0.1) is 10.9 Å². The van der Waals surface area contributed by atoms with Crippen LogP contribution in [0.4, 0.5) is 0 Å². The molecule has 0 bridgehead atoms. The van der Waals surface area contributed by atoms with Crippen molar-refractivity contribution in [1.29, 1.82) is 0 Å². The van der Waals surface area contributed by atoms with Gasteiger partial charge in [-0.2, -0.15) is 0 Å². The number of hydrogen-bond acceptors (Lipinski definition) is 9. The van der Waals surface area contributed by atoms with E-state index in [2.05, 4.69) is 4.98 Å². The molecule has 0 unspecified atom stereocenters. The Morgan fingerprint density at radius 3 is 2.75 bits per heavy atom. The number of esters is 2. The molecule has 170 valence electrons. The summed E-state index contributed by atoms with van der Waals surface area (Å²) in [5.41, 5.74) is 1.85. The molecule has 0 spiro atoms. The Morgan fingerprint density at radius 1 is 1.28 bits per heavy atom. The van der Waals surface area contributed by atoms with Gasteiger partial charge in [0.25, 0.3) is 0 Å². The second-order valence-electron chi connectivity index (χ2n) is 8.71. The molecule has 2 heterocycles. The van der Waals surface area contributed by atoms with Gasteiger partial charge in [-0.05, 0) is 45.2 Å². The molecule has 0 aliphatic carbocycles. The number of ether oxygens (including phenoxy) is 2. The largest absolute Gasteiger partial charge is 0.535 e. The van der Waals surface area contributed by atoms with Crippen molar-refractivity contribution in [3.8, 4) is 5.75 Å². The molecule has 1 atom stereocenters. The Morgan fingerprint density at radius 2 is 2.06 bits per heavy atom. The lowest BCUT2D eigenvalue weighted by Gasteiger charge is -2.28. The standard InChI is InChI=1S/C22H26BNO7S/c1-22(2,3)21(27)30-13-29-20(26)18-6-4-5-14-9-15(23(28)31-19(14)18)10-16(25)7-8-17-11-24-12-32-17/h4-6,11-12,15,28H,7-10,13H2,1-3H3/t15-/m1/s1. The molecule has 1 N–H and O–H groups in total. The van der Waals surface area contributed by atoms with Crippen LogP contribution in [0.5, 0.6) is 5.75 Å². The SMILES string of the molecule is CC(C)(C)C(=O)OCOC(=O)c1cccc2c1OB(O)[C@@H](CC(=O)CCc1cncs1)C2. The highest BCUT2D eigenvalue weighted by atomic mass is 32.1. The molecule has 1 aromatic heterocycles. The molecule has 1 aliphatic rings. The molecule has 0 radical (unpaired) electrons. The second kappa shape index (κ2) is 10.3. The summed E-state index contributed by atoms with van der Waals surface area (Å²) >= 11 is 1.51. The van der Waals surface area contributed by atoms with Gasteiger partial charge in [-0.25, -0.2) is 4.79 Å². The van der Waals surface area contributed by atoms with Crippen LogP contribution in [-0.2, 0) is 31.9 Å². The molecule has 1 aliphatic heterocycles. The lowest BCUT2D eigenvalue weighted by molar-refractivity contribution is -0.161. The number of hydrogen-bond donors (Lipinski definition) is 1. The number of benzene rings is 1. The number of aromatic nitrogens is 1. The molecular weight excluding hydrogens is 433 g/mol. The molecule has 1 aromatic carbocycles. The third kappa shape index (κ3) is 6.17. The van der Waals surface area contributed by atoms with Crippen molar-refractivity contribution < 1.29 is 33.5 Å². The van der Waals surface area contributed by atoms with E-state index in [9.17, 15) is 19.4 Å². The first-order valence-corrected chi connectivity index (χ1v) is 11.2. The Kier molecular flexibility index (Phi) is 7.68. The summed E-state index contributed by atoms with van der Waals surface area (Å²) in [6.45, 7) is 4.57. The minimum absolute atomic E-state index is 0.0331. The summed E-state index contributed by atoms with van der Waals surface area (Å²) in [5.74, 6) is -1.37. The first kappa shape index (κ1) is 23.9. The van der Waals surface area contributed by atoms with Gasteiger partial charge >= 0.3 is 19.1 Å². The van der Waals surface area contributed by atoms with Crippen molar-refractivity contribution in [1.82, 2.24) is 4.98 Å². The normalized spacial score (nSPS) is 15.5. The zero-order chi connectivity index (χ0) is 23.3. The van der Waals surface area contributed by atoms with E-state index in [1.54, 1.807) is 44.6 Å². The van der Waals surface area contributed by atoms with Crippen LogP contribution in [0.3, 0.4) is 0 Å². The molecule has 8 nitrogen and oxygen atoms in total. The van der Waals surface area contributed by atoms with E-state index in [1.807, 2.05) is 0 Å². The Balaban J connectivity index is 1.58. The number of thiazole rings is 1. The first-order chi connectivity index (χ1) is 15.1. The zero-order valence-electron chi connectivity index (χ0n) is 18.3. The smallest absolute Gasteiger partial charge is 0.526 e. The number of carbonyl (C=O) groups excluding carboxylic acids is 3. The van der Waals surface area contributed by atoms with Gasteiger partial charge in [0.15, 0.2) is 0 Å². The summed E-state index contributed by atoms with van der Waals surface area (Å²) < 4.78 is 15.6. The van der Waals surface area contributed by atoms with Crippen LogP contribution in [-0.4, -0.2) is 41.6 Å². The fourth-order valence-corrected chi connectivity index (χ4v) is 3.87. The van der Waals surface area contributed by atoms with Gasteiger partial charge in [0, 0.05) is 29.7 Å².